The fourth-order valence-electron chi connectivity index (χ4n) is 2.10. The Balaban J connectivity index is 2.06. The van der Waals surface area contributed by atoms with Crippen LogP contribution in [0.15, 0.2) is 36.5 Å². The molecule has 0 fully saturated rings. The zero-order valence-electron chi connectivity index (χ0n) is 12.4. The van der Waals surface area contributed by atoms with Gasteiger partial charge in [-0.2, -0.15) is 0 Å². The highest BCUT2D eigenvalue weighted by Gasteiger charge is 2.12. The van der Waals surface area contributed by atoms with Gasteiger partial charge in [0.25, 0.3) is 0 Å². The van der Waals surface area contributed by atoms with Gasteiger partial charge < -0.3 is 14.8 Å². The second-order valence-electron chi connectivity index (χ2n) is 4.66. The van der Waals surface area contributed by atoms with Gasteiger partial charge in [-0.05, 0) is 19.1 Å². The zero-order valence-corrected chi connectivity index (χ0v) is 12.4. The van der Waals surface area contributed by atoms with Crippen molar-refractivity contribution in [3.05, 3.63) is 53.5 Å². The second-order valence-corrected chi connectivity index (χ2v) is 4.66. The summed E-state index contributed by atoms with van der Waals surface area (Å²) in [4.78, 5) is 4.14. The Hall–Kier alpha value is -2.14. The molecule has 0 saturated heterocycles. The molecule has 1 aromatic heterocycles. The average Bonchev–Trinajstić information content (AvgIpc) is 2.52. The van der Waals surface area contributed by atoms with Gasteiger partial charge in [0.1, 0.15) is 11.6 Å². The predicted octanol–water partition coefficient (Wildman–Crippen LogP) is 3.09. The summed E-state index contributed by atoms with van der Waals surface area (Å²) < 4.78 is 24.2. The molecule has 4 nitrogen and oxygen atoms in total. The summed E-state index contributed by atoms with van der Waals surface area (Å²) in [5.74, 6) is 0.803. The van der Waals surface area contributed by atoms with Gasteiger partial charge >= 0.3 is 0 Å². The van der Waals surface area contributed by atoms with Crippen molar-refractivity contribution in [2.75, 3.05) is 14.2 Å². The zero-order chi connectivity index (χ0) is 15.2. The van der Waals surface area contributed by atoms with Crippen molar-refractivity contribution in [1.82, 2.24) is 10.3 Å². The summed E-state index contributed by atoms with van der Waals surface area (Å²) in [6, 6.07) is 8.50. The molecule has 1 aromatic carbocycles. The third kappa shape index (κ3) is 3.70. The van der Waals surface area contributed by atoms with Crippen LogP contribution in [0.1, 0.15) is 24.1 Å². The Kier molecular flexibility index (Phi) is 5.11. The summed E-state index contributed by atoms with van der Waals surface area (Å²) in [6.07, 6.45) is 1.68. The molecule has 1 heterocycles. The molecule has 112 valence electrons. The van der Waals surface area contributed by atoms with Gasteiger partial charge in [-0.25, -0.2) is 9.37 Å². The SMILES string of the molecule is COc1ccc(C(C)NCc2cccnc2OC)c(F)c1. The van der Waals surface area contributed by atoms with Crippen LogP contribution in [0.2, 0.25) is 0 Å². The van der Waals surface area contributed by atoms with E-state index in [-0.39, 0.29) is 11.9 Å². The van der Waals surface area contributed by atoms with Crippen molar-refractivity contribution in [2.24, 2.45) is 0 Å². The summed E-state index contributed by atoms with van der Waals surface area (Å²) >= 11 is 0. The number of nitrogens with one attached hydrogen (secondary N) is 1. The summed E-state index contributed by atoms with van der Waals surface area (Å²) in [7, 11) is 3.10. The van der Waals surface area contributed by atoms with Crippen LogP contribution in [0.4, 0.5) is 4.39 Å². The van der Waals surface area contributed by atoms with Crippen molar-refractivity contribution in [3.8, 4) is 11.6 Å². The maximum Gasteiger partial charge on any atom is 0.217 e. The number of halogens is 1. The van der Waals surface area contributed by atoms with E-state index < -0.39 is 0 Å². The maximum absolute atomic E-state index is 14.0. The molecule has 0 aliphatic rings. The minimum atomic E-state index is -0.285. The van der Waals surface area contributed by atoms with Gasteiger partial charge in [-0.1, -0.05) is 12.1 Å². The first-order chi connectivity index (χ1) is 10.2. The maximum atomic E-state index is 14.0. The lowest BCUT2D eigenvalue weighted by Crippen LogP contribution is -2.19. The minimum absolute atomic E-state index is 0.138. The van der Waals surface area contributed by atoms with Crippen LogP contribution in [0.5, 0.6) is 11.6 Å². The largest absolute Gasteiger partial charge is 0.497 e. The Bertz CT molecular complexity index is 605. The van der Waals surface area contributed by atoms with Gasteiger partial charge in [-0.15, -0.1) is 0 Å². The molecule has 1 atom stereocenters. The molecule has 2 aromatic rings. The van der Waals surface area contributed by atoms with Crippen LogP contribution in [0.25, 0.3) is 0 Å². The Labute approximate surface area is 123 Å². The molecular formula is C16H19FN2O2. The average molecular weight is 290 g/mol. The smallest absolute Gasteiger partial charge is 0.217 e. The monoisotopic (exact) mass is 290 g/mol. The molecular weight excluding hydrogens is 271 g/mol. The van der Waals surface area contributed by atoms with E-state index in [1.165, 1.54) is 13.2 Å². The molecule has 2 rings (SSSR count). The van der Waals surface area contributed by atoms with Crippen LogP contribution in [-0.2, 0) is 6.54 Å². The first-order valence-corrected chi connectivity index (χ1v) is 6.70. The van der Waals surface area contributed by atoms with Crippen LogP contribution in [0.3, 0.4) is 0 Å². The summed E-state index contributed by atoms with van der Waals surface area (Å²) in [5, 5.41) is 3.27. The van der Waals surface area contributed by atoms with E-state index in [1.807, 2.05) is 19.1 Å². The van der Waals surface area contributed by atoms with Crippen molar-refractivity contribution in [2.45, 2.75) is 19.5 Å². The number of benzene rings is 1. The van der Waals surface area contributed by atoms with E-state index in [1.54, 1.807) is 25.4 Å². The molecule has 1 unspecified atom stereocenters. The summed E-state index contributed by atoms with van der Waals surface area (Å²) in [5.41, 5.74) is 1.53. The minimum Gasteiger partial charge on any atom is -0.497 e. The molecule has 0 spiro atoms. The van der Waals surface area contributed by atoms with Gasteiger partial charge in [0.2, 0.25) is 5.88 Å². The molecule has 1 N–H and O–H groups in total. The molecule has 0 saturated carbocycles. The van der Waals surface area contributed by atoms with Gasteiger partial charge in [-0.3, -0.25) is 0 Å². The molecule has 21 heavy (non-hydrogen) atoms. The number of hydrogen-bond donors (Lipinski definition) is 1. The number of nitrogens with zero attached hydrogens (tertiary/aromatic N) is 1. The van der Waals surface area contributed by atoms with Crippen LogP contribution in [-0.4, -0.2) is 19.2 Å². The third-order valence-electron chi connectivity index (χ3n) is 3.32. The number of methoxy groups -OCH3 is 2. The molecule has 0 bridgehead atoms. The van der Waals surface area contributed by atoms with E-state index in [0.717, 1.165) is 5.56 Å². The quantitative estimate of drug-likeness (QED) is 0.888. The molecule has 5 heteroatoms. The lowest BCUT2D eigenvalue weighted by atomic mass is 10.1. The normalized spacial score (nSPS) is 12.0. The number of rotatable bonds is 6. The van der Waals surface area contributed by atoms with Gasteiger partial charge in [0.05, 0.1) is 14.2 Å². The van der Waals surface area contributed by atoms with E-state index in [9.17, 15) is 4.39 Å². The highest BCUT2D eigenvalue weighted by molar-refractivity contribution is 5.31. The highest BCUT2D eigenvalue weighted by Crippen LogP contribution is 2.22. The van der Waals surface area contributed by atoms with Crippen molar-refractivity contribution in [1.29, 1.82) is 0 Å². The van der Waals surface area contributed by atoms with Crippen molar-refractivity contribution >= 4 is 0 Å². The summed E-state index contributed by atoms with van der Waals surface area (Å²) in [6.45, 7) is 2.46. The first-order valence-electron chi connectivity index (χ1n) is 6.70. The molecule has 0 radical (unpaired) electrons. The van der Waals surface area contributed by atoms with Gasteiger partial charge in [0, 0.05) is 36.0 Å². The number of hydrogen-bond acceptors (Lipinski definition) is 4. The first kappa shape index (κ1) is 15.3. The third-order valence-corrected chi connectivity index (χ3v) is 3.32. The number of aromatic nitrogens is 1. The predicted molar refractivity (Wildman–Crippen MR) is 79.0 cm³/mol. The molecule has 0 aliphatic heterocycles. The fraction of sp³-hybridized carbons (Fsp3) is 0.312. The standard InChI is InChI=1S/C16H19FN2O2/c1-11(14-7-6-13(20-2)9-15(14)17)19-10-12-5-4-8-18-16(12)21-3/h4-9,11,19H,10H2,1-3H3. The van der Waals surface area contributed by atoms with Crippen LogP contribution < -0.4 is 14.8 Å². The van der Waals surface area contributed by atoms with E-state index in [4.69, 9.17) is 9.47 Å². The molecule has 0 aliphatic carbocycles. The van der Waals surface area contributed by atoms with Crippen LogP contribution >= 0.6 is 0 Å². The van der Waals surface area contributed by atoms with E-state index in [0.29, 0.717) is 23.7 Å². The number of pyridine rings is 1. The van der Waals surface area contributed by atoms with Crippen molar-refractivity contribution in [3.63, 3.8) is 0 Å². The lowest BCUT2D eigenvalue weighted by Gasteiger charge is -2.16. The second kappa shape index (κ2) is 7.04. The fourth-order valence-corrected chi connectivity index (χ4v) is 2.10. The Morgan fingerprint density at radius 1 is 1.24 bits per heavy atom. The molecule has 0 amide bonds. The van der Waals surface area contributed by atoms with Gasteiger partial charge in [0.15, 0.2) is 0 Å². The van der Waals surface area contributed by atoms with Crippen molar-refractivity contribution < 1.29 is 13.9 Å². The topological polar surface area (TPSA) is 43.4 Å². The lowest BCUT2D eigenvalue weighted by molar-refractivity contribution is 0.388. The highest BCUT2D eigenvalue weighted by atomic mass is 19.1. The Morgan fingerprint density at radius 2 is 2.05 bits per heavy atom. The van der Waals surface area contributed by atoms with E-state index >= 15 is 0 Å². The Morgan fingerprint density at radius 3 is 2.71 bits per heavy atom. The van der Waals surface area contributed by atoms with Crippen LogP contribution in [0, 0.1) is 5.82 Å². The van der Waals surface area contributed by atoms with E-state index in [2.05, 4.69) is 10.3 Å². The number of ether oxygens (including phenoxy) is 2.